The molecule has 358 valence electrons. The van der Waals surface area contributed by atoms with Gasteiger partial charge in [0, 0.05) is 72.6 Å². The van der Waals surface area contributed by atoms with Crippen molar-refractivity contribution in [3.05, 3.63) is 270 Å². The van der Waals surface area contributed by atoms with Gasteiger partial charge in [-0.3, -0.25) is 0 Å². The monoisotopic (exact) mass is 950 g/mol. The summed E-state index contributed by atoms with van der Waals surface area (Å²) in [5, 5.41) is 95.5. The Balaban J connectivity index is 1.02. The van der Waals surface area contributed by atoms with E-state index in [0.717, 1.165) is 11.1 Å². The minimum Gasteiger partial charge on any atom is -0.507 e. The van der Waals surface area contributed by atoms with Crippen molar-refractivity contribution in [3.8, 4) is 46.0 Å². The van der Waals surface area contributed by atoms with Crippen LogP contribution in [-0.2, 0) is 51.4 Å². The van der Waals surface area contributed by atoms with Gasteiger partial charge in [0.15, 0.2) is 0 Å². The van der Waals surface area contributed by atoms with Gasteiger partial charge in [-0.1, -0.05) is 170 Å². The average Bonchev–Trinajstić information content (AvgIpc) is 3.37. The number of rotatable bonds is 4. The number of phenols is 8. The topological polar surface area (TPSA) is 162 Å². The largest absolute Gasteiger partial charge is 0.507 e. The van der Waals surface area contributed by atoms with Crippen molar-refractivity contribution < 1.29 is 40.9 Å². The molecule has 2 aliphatic carbocycles. The second-order valence-corrected chi connectivity index (χ2v) is 19.5. The molecule has 0 saturated heterocycles. The van der Waals surface area contributed by atoms with Gasteiger partial charge in [-0.15, -0.1) is 0 Å². The maximum Gasteiger partial charge on any atom is 0.122 e. The molecule has 16 bridgehead atoms. The predicted molar refractivity (Wildman–Crippen MR) is 279 cm³/mol. The normalized spacial score (nSPS) is 13.7. The lowest BCUT2D eigenvalue weighted by Crippen LogP contribution is -2.10. The van der Waals surface area contributed by atoms with E-state index in [1.807, 2.05) is 164 Å². The third-order valence-electron chi connectivity index (χ3n) is 15.1. The molecule has 0 heterocycles. The van der Waals surface area contributed by atoms with Gasteiger partial charge in [-0.05, 0) is 90.7 Å². The van der Waals surface area contributed by atoms with E-state index in [4.69, 9.17) is 0 Å². The molecular weight excluding hydrogens is 897 g/mol. The van der Waals surface area contributed by atoms with E-state index in [9.17, 15) is 40.9 Å². The fourth-order valence-corrected chi connectivity index (χ4v) is 11.2. The molecule has 8 N–H and O–H groups in total. The van der Waals surface area contributed by atoms with Crippen LogP contribution in [0.5, 0.6) is 46.0 Å². The number of hydrogen-bond acceptors (Lipinski definition) is 8. The molecule has 11 rings (SSSR count). The molecule has 0 amide bonds. The van der Waals surface area contributed by atoms with Gasteiger partial charge in [0.25, 0.3) is 0 Å². The van der Waals surface area contributed by atoms with Gasteiger partial charge in [-0.25, -0.2) is 0 Å². The van der Waals surface area contributed by atoms with E-state index in [1.165, 1.54) is 0 Å². The van der Waals surface area contributed by atoms with E-state index in [-0.39, 0.29) is 71.7 Å². The lowest BCUT2D eigenvalue weighted by atomic mass is 9.80. The van der Waals surface area contributed by atoms with Crippen molar-refractivity contribution in [2.75, 3.05) is 0 Å². The minimum absolute atomic E-state index is 0.0695. The molecule has 0 spiro atoms. The van der Waals surface area contributed by atoms with Gasteiger partial charge in [-0.2, -0.15) is 0 Å². The standard InChI is InChI=1S/C64H54O8/c65-57-39-12-2-16-43(57)33-47-20-6-24-51(61(47)69)55(52-25-7-21-48(62(52)70)34-44-17-3-13-40(31-39)58(44)66)29-37-10-1-11-38(28-37)30-56-53-26-8-22-49(63(53)71)35-45-18-4-14-41(59(45)67)32-42-15-5-19-46(60(42)68)36-50-23-9-27-54(56)64(50)72/h1-28,55-56,65-72H,29-36H2. The molecule has 8 nitrogen and oxygen atoms in total. The first kappa shape index (κ1) is 45.8. The average molecular weight is 951 g/mol. The highest BCUT2D eigenvalue weighted by Crippen LogP contribution is 2.46. The molecule has 0 atom stereocenters. The highest BCUT2D eigenvalue weighted by atomic mass is 16.3. The number of hydrogen-bond donors (Lipinski definition) is 8. The molecule has 9 aromatic rings. The summed E-state index contributed by atoms with van der Waals surface area (Å²) in [5.74, 6) is -0.396. The fraction of sp³-hybridized carbons (Fsp3) is 0.156. The summed E-state index contributed by atoms with van der Waals surface area (Å²) in [7, 11) is 0. The lowest BCUT2D eigenvalue weighted by molar-refractivity contribution is 0.443. The van der Waals surface area contributed by atoms with Crippen molar-refractivity contribution in [2.24, 2.45) is 0 Å². The van der Waals surface area contributed by atoms with Crippen LogP contribution in [0.15, 0.2) is 170 Å². The summed E-state index contributed by atoms with van der Waals surface area (Å²) in [4.78, 5) is 0. The smallest absolute Gasteiger partial charge is 0.122 e. The summed E-state index contributed by atoms with van der Waals surface area (Å²) in [5.41, 5.74) is 11.8. The highest BCUT2D eigenvalue weighted by molar-refractivity contribution is 5.60. The van der Waals surface area contributed by atoms with Crippen LogP contribution in [0, 0.1) is 0 Å². The van der Waals surface area contributed by atoms with E-state index in [1.54, 1.807) is 0 Å². The highest BCUT2D eigenvalue weighted by Gasteiger charge is 2.29. The van der Waals surface area contributed by atoms with E-state index >= 15 is 0 Å². The molecular formula is C64H54O8. The second kappa shape index (κ2) is 18.9. The van der Waals surface area contributed by atoms with Crippen LogP contribution in [0.2, 0.25) is 0 Å². The Kier molecular flexibility index (Phi) is 12.1. The second-order valence-electron chi connectivity index (χ2n) is 19.5. The molecule has 0 aromatic heterocycles. The fourth-order valence-electron chi connectivity index (χ4n) is 11.2. The van der Waals surface area contributed by atoms with Gasteiger partial charge < -0.3 is 40.9 Å². The molecule has 0 fully saturated rings. The van der Waals surface area contributed by atoms with Crippen molar-refractivity contribution in [1.29, 1.82) is 0 Å². The van der Waals surface area contributed by atoms with Gasteiger partial charge in [0.05, 0.1) is 0 Å². The Morgan fingerprint density at radius 3 is 0.639 bits per heavy atom. The molecule has 8 heteroatoms. The Hall–Kier alpha value is -8.62. The molecule has 0 unspecified atom stereocenters. The maximum absolute atomic E-state index is 12.3. The first-order valence-corrected chi connectivity index (χ1v) is 24.5. The Bertz CT molecular complexity index is 3120. The Morgan fingerprint density at radius 2 is 0.417 bits per heavy atom. The number of aromatic hydroxyl groups is 8. The third kappa shape index (κ3) is 8.59. The first-order chi connectivity index (χ1) is 35.0. The summed E-state index contributed by atoms with van der Waals surface area (Å²) in [6.07, 6.45) is 2.27. The van der Waals surface area contributed by atoms with Crippen molar-refractivity contribution >= 4 is 0 Å². The third-order valence-corrected chi connectivity index (χ3v) is 15.1. The number of para-hydroxylation sites is 8. The van der Waals surface area contributed by atoms with Gasteiger partial charge >= 0.3 is 0 Å². The molecule has 0 radical (unpaired) electrons. The van der Waals surface area contributed by atoms with Crippen molar-refractivity contribution in [3.63, 3.8) is 0 Å². The van der Waals surface area contributed by atoms with Crippen LogP contribution in [0.1, 0.15) is 112 Å². The van der Waals surface area contributed by atoms with Crippen molar-refractivity contribution in [2.45, 2.75) is 63.2 Å². The molecule has 0 saturated carbocycles. The van der Waals surface area contributed by atoms with Crippen LogP contribution in [-0.4, -0.2) is 40.9 Å². The lowest BCUT2D eigenvalue weighted by Gasteiger charge is -2.25. The van der Waals surface area contributed by atoms with E-state index in [2.05, 4.69) is 6.07 Å². The maximum atomic E-state index is 12.3. The van der Waals surface area contributed by atoms with Gasteiger partial charge in [0.1, 0.15) is 46.0 Å². The Morgan fingerprint density at radius 1 is 0.236 bits per heavy atom. The Labute approximate surface area is 418 Å². The summed E-state index contributed by atoms with van der Waals surface area (Å²) in [6, 6.07) is 52.9. The van der Waals surface area contributed by atoms with Gasteiger partial charge in [0.2, 0.25) is 0 Å². The quantitative estimate of drug-likeness (QED) is 0.0865. The van der Waals surface area contributed by atoms with Crippen LogP contribution in [0.3, 0.4) is 0 Å². The summed E-state index contributed by atoms with van der Waals surface area (Å²) < 4.78 is 0. The first-order valence-electron chi connectivity index (χ1n) is 24.5. The van der Waals surface area contributed by atoms with E-state index < -0.39 is 11.8 Å². The molecule has 0 aliphatic heterocycles. The SMILES string of the molecule is Oc1c2cccc1Cc1cccc(c1O)C(Cc1cccc(CC3c4cccc(c4O)Cc4cccc(c4O)Cc4cccc(c4O)Cc4cccc3c4O)c1)c1cccc(c1O)Cc1cccc(c1O)C2. The van der Waals surface area contributed by atoms with Crippen LogP contribution in [0.4, 0.5) is 0 Å². The zero-order valence-corrected chi connectivity index (χ0v) is 39.6. The minimum atomic E-state index is -0.554. The zero-order valence-electron chi connectivity index (χ0n) is 39.6. The van der Waals surface area contributed by atoms with Crippen LogP contribution >= 0.6 is 0 Å². The van der Waals surface area contributed by atoms with Crippen molar-refractivity contribution in [1.82, 2.24) is 0 Å². The zero-order chi connectivity index (χ0) is 49.6. The molecule has 72 heavy (non-hydrogen) atoms. The van der Waals surface area contributed by atoms with Crippen LogP contribution in [0.25, 0.3) is 0 Å². The molecule has 2 aliphatic rings. The number of fused-ring (bicyclic) bond motifs is 16. The summed E-state index contributed by atoms with van der Waals surface area (Å²) in [6.45, 7) is 0. The van der Waals surface area contributed by atoms with Crippen LogP contribution < -0.4 is 0 Å². The molecule has 9 aromatic carbocycles. The number of phenolic OH excluding ortho intramolecular Hbond substituents is 8. The summed E-state index contributed by atoms with van der Waals surface area (Å²) >= 11 is 0. The predicted octanol–water partition coefficient (Wildman–Crippen LogP) is 12.3. The van der Waals surface area contributed by atoms with E-state index in [0.29, 0.717) is 115 Å². The number of benzene rings is 9.